The Morgan fingerprint density at radius 2 is 1.66 bits per heavy atom. The number of amides is 1. The maximum Gasteiger partial charge on any atom is 0.244 e. The van der Waals surface area contributed by atoms with Crippen molar-refractivity contribution in [3.05, 3.63) is 82.7 Å². The average Bonchev–Trinajstić information content (AvgIpc) is 3.22. The summed E-state index contributed by atoms with van der Waals surface area (Å²) in [5.74, 6) is 0.593. The molecular weight excluding hydrogens is 400 g/mol. The minimum atomic E-state index is -1.20. The summed E-state index contributed by atoms with van der Waals surface area (Å²) in [7, 11) is 0. The minimum Gasteiger partial charge on any atom is -0.343 e. The fourth-order valence-electron chi connectivity index (χ4n) is 5.73. The molecule has 1 spiro atoms. The fraction of sp³-hybridized carbons (Fsp3) is 0.269. The van der Waals surface area contributed by atoms with Crippen LogP contribution in [0.2, 0.25) is 0 Å². The zero-order valence-electron chi connectivity index (χ0n) is 18.3. The molecule has 1 aliphatic carbocycles. The molecule has 0 fully saturated rings. The van der Waals surface area contributed by atoms with Crippen molar-refractivity contribution in [2.45, 2.75) is 39.0 Å². The Balaban J connectivity index is 1.73. The number of para-hydroxylation sites is 2. The van der Waals surface area contributed by atoms with Crippen molar-refractivity contribution in [3.8, 4) is 5.69 Å². The highest BCUT2D eigenvalue weighted by Crippen LogP contribution is 2.57. The van der Waals surface area contributed by atoms with Crippen LogP contribution in [0.25, 0.3) is 5.69 Å². The van der Waals surface area contributed by atoms with E-state index in [0.29, 0.717) is 18.4 Å². The monoisotopic (exact) mass is 424 g/mol. The Bertz CT molecular complexity index is 1350. The Kier molecular flexibility index (Phi) is 3.68. The maximum absolute atomic E-state index is 13.9. The van der Waals surface area contributed by atoms with Gasteiger partial charge in [-0.25, -0.2) is 4.68 Å². The van der Waals surface area contributed by atoms with Crippen LogP contribution in [0.1, 0.15) is 43.5 Å². The topological polar surface area (TPSA) is 76.0 Å². The number of allylic oxidation sites excluding steroid dienone is 1. The Morgan fingerprint density at radius 1 is 0.938 bits per heavy atom. The SMILES string of the molecule is Cc1nn(-c2ccccc2)c2c1C1(C(=O)Nc3ccccc31)C1=C(CC(C)(C)CC1=O)N2. The number of hydrogen-bond acceptors (Lipinski definition) is 4. The molecule has 6 heteroatoms. The summed E-state index contributed by atoms with van der Waals surface area (Å²) in [6.45, 7) is 6.11. The van der Waals surface area contributed by atoms with Crippen LogP contribution in [0.3, 0.4) is 0 Å². The minimum absolute atomic E-state index is 0.0214. The van der Waals surface area contributed by atoms with Gasteiger partial charge in [0.2, 0.25) is 5.91 Å². The lowest BCUT2D eigenvalue weighted by atomic mass is 9.61. The summed E-state index contributed by atoms with van der Waals surface area (Å²) in [5.41, 5.74) is 3.97. The first-order valence-corrected chi connectivity index (χ1v) is 10.9. The third-order valence-electron chi connectivity index (χ3n) is 6.88. The lowest BCUT2D eigenvalue weighted by Gasteiger charge is -2.42. The van der Waals surface area contributed by atoms with Crippen LogP contribution in [-0.2, 0) is 15.0 Å². The molecule has 2 aliphatic heterocycles. The number of carbonyl (C=O) groups is 2. The number of benzene rings is 2. The van der Waals surface area contributed by atoms with Crippen molar-refractivity contribution in [1.82, 2.24) is 9.78 Å². The third-order valence-corrected chi connectivity index (χ3v) is 6.88. The molecule has 0 saturated carbocycles. The highest BCUT2D eigenvalue weighted by Gasteiger charge is 2.60. The van der Waals surface area contributed by atoms with Crippen molar-refractivity contribution in [2.75, 3.05) is 10.6 Å². The van der Waals surface area contributed by atoms with Gasteiger partial charge in [-0.05, 0) is 37.0 Å². The third kappa shape index (κ3) is 2.32. The van der Waals surface area contributed by atoms with Crippen molar-refractivity contribution in [3.63, 3.8) is 0 Å². The molecule has 6 nitrogen and oxygen atoms in total. The van der Waals surface area contributed by atoms with Crippen LogP contribution in [0, 0.1) is 12.3 Å². The molecule has 3 aliphatic rings. The number of nitrogens with one attached hydrogen (secondary N) is 2. The molecule has 160 valence electrons. The van der Waals surface area contributed by atoms with E-state index in [4.69, 9.17) is 5.10 Å². The van der Waals surface area contributed by atoms with Crippen LogP contribution in [-0.4, -0.2) is 21.5 Å². The molecule has 1 amide bonds. The second-order valence-electron chi connectivity index (χ2n) is 9.73. The second-order valence-corrected chi connectivity index (χ2v) is 9.73. The maximum atomic E-state index is 13.9. The number of fused-ring (bicyclic) bond motifs is 5. The molecule has 1 unspecified atom stereocenters. The van der Waals surface area contributed by atoms with Gasteiger partial charge in [0.1, 0.15) is 11.2 Å². The van der Waals surface area contributed by atoms with E-state index >= 15 is 0 Å². The van der Waals surface area contributed by atoms with Gasteiger partial charge in [0.25, 0.3) is 0 Å². The highest BCUT2D eigenvalue weighted by atomic mass is 16.2. The largest absolute Gasteiger partial charge is 0.343 e. The van der Waals surface area contributed by atoms with Crippen molar-refractivity contribution < 1.29 is 9.59 Å². The molecule has 2 aromatic carbocycles. The predicted octanol–water partition coefficient (Wildman–Crippen LogP) is 4.49. The molecule has 32 heavy (non-hydrogen) atoms. The quantitative estimate of drug-likeness (QED) is 0.604. The van der Waals surface area contributed by atoms with Gasteiger partial charge in [-0.3, -0.25) is 9.59 Å². The Morgan fingerprint density at radius 3 is 2.44 bits per heavy atom. The van der Waals surface area contributed by atoms with Gasteiger partial charge >= 0.3 is 0 Å². The van der Waals surface area contributed by atoms with E-state index < -0.39 is 5.41 Å². The van der Waals surface area contributed by atoms with E-state index in [1.165, 1.54) is 0 Å². The number of aryl methyl sites for hydroxylation is 1. The van der Waals surface area contributed by atoms with E-state index in [1.54, 1.807) is 0 Å². The van der Waals surface area contributed by atoms with Crippen LogP contribution >= 0.6 is 0 Å². The molecule has 0 bridgehead atoms. The van der Waals surface area contributed by atoms with Gasteiger partial charge in [-0.15, -0.1) is 0 Å². The second kappa shape index (κ2) is 6.19. The van der Waals surface area contributed by atoms with Crippen LogP contribution in [0.5, 0.6) is 0 Å². The molecule has 0 radical (unpaired) electrons. The number of hydrogen-bond donors (Lipinski definition) is 2. The molecule has 1 aromatic heterocycles. The molecule has 3 heterocycles. The number of ketones is 1. The van der Waals surface area contributed by atoms with Crippen molar-refractivity contribution in [2.24, 2.45) is 5.41 Å². The first-order valence-electron chi connectivity index (χ1n) is 10.9. The van der Waals surface area contributed by atoms with Gasteiger partial charge in [-0.1, -0.05) is 50.2 Å². The van der Waals surface area contributed by atoms with Crippen molar-refractivity contribution in [1.29, 1.82) is 0 Å². The van der Waals surface area contributed by atoms with Gasteiger partial charge in [0, 0.05) is 34.5 Å². The number of carbonyl (C=O) groups excluding carboxylic acids is 2. The molecule has 3 aromatic rings. The Hall–Kier alpha value is -3.67. The summed E-state index contributed by atoms with van der Waals surface area (Å²) in [4.78, 5) is 27.5. The van der Waals surface area contributed by atoms with Crippen LogP contribution in [0.15, 0.2) is 65.9 Å². The van der Waals surface area contributed by atoms with E-state index in [0.717, 1.165) is 39.7 Å². The van der Waals surface area contributed by atoms with Gasteiger partial charge in [0.05, 0.1) is 11.4 Å². The Labute approximate surface area is 186 Å². The van der Waals surface area contributed by atoms with E-state index in [9.17, 15) is 9.59 Å². The zero-order chi connectivity index (χ0) is 22.3. The molecule has 0 saturated heterocycles. The lowest BCUT2D eigenvalue weighted by molar-refractivity contribution is -0.123. The molecule has 2 N–H and O–H groups in total. The van der Waals surface area contributed by atoms with Gasteiger partial charge < -0.3 is 10.6 Å². The molecular formula is C26H24N4O2. The smallest absolute Gasteiger partial charge is 0.244 e. The summed E-state index contributed by atoms with van der Waals surface area (Å²) < 4.78 is 1.86. The van der Waals surface area contributed by atoms with Crippen LogP contribution < -0.4 is 10.6 Å². The first-order chi connectivity index (χ1) is 15.3. The first kappa shape index (κ1) is 19.0. The van der Waals surface area contributed by atoms with E-state index in [-0.39, 0.29) is 17.1 Å². The van der Waals surface area contributed by atoms with E-state index in [2.05, 4.69) is 24.5 Å². The summed E-state index contributed by atoms with van der Waals surface area (Å²) >= 11 is 0. The standard InChI is InChI=1S/C26H24N4O2/c1-15-21-23(30(29-15)16-9-5-4-6-10-16)27-19-13-25(2,3)14-20(31)22(19)26(21)17-11-7-8-12-18(17)28-24(26)32/h4-12,27H,13-14H2,1-3H3,(H,28,32). The summed E-state index contributed by atoms with van der Waals surface area (Å²) in [5, 5.41) is 11.5. The summed E-state index contributed by atoms with van der Waals surface area (Å²) in [6, 6.07) is 17.6. The predicted molar refractivity (Wildman–Crippen MR) is 123 cm³/mol. The van der Waals surface area contributed by atoms with E-state index in [1.807, 2.05) is 66.2 Å². The lowest BCUT2D eigenvalue weighted by Crippen LogP contribution is -2.48. The number of rotatable bonds is 1. The molecule has 1 atom stereocenters. The zero-order valence-corrected chi connectivity index (χ0v) is 18.3. The molecule has 6 rings (SSSR count). The van der Waals surface area contributed by atoms with Crippen LogP contribution in [0.4, 0.5) is 11.5 Å². The fourth-order valence-corrected chi connectivity index (χ4v) is 5.73. The number of anilines is 2. The number of nitrogens with zero attached hydrogens (tertiary/aromatic N) is 2. The number of Topliss-reactive ketones (excluding diaryl/α,β-unsaturated/α-hetero) is 1. The normalized spacial score (nSPS) is 22.8. The highest BCUT2D eigenvalue weighted by molar-refractivity contribution is 6.20. The average molecular weight is 425 g/mol. The van der Waals surface area contributed by atoms with Crippen molar-refractivity contribution >= 4 is 23.2 Å². The van der Waals surface area contributed by atoms with Gasteiger partial charge in [-0.2, -0.15) is 5.10 Å². The number of aromatic nitrogens is 2. The van der Waals surface area contributed by atoms with Gasteiger partial charge in [0.15, 0.2) is 5.78 Å². The summed E-state index contributed by atoms with van der Waals surface area (Å²) in [6.07, 6.45) is 1.09.